The third kappa shape index (κ3) is 2.71. The first kappa shape index (κ1) is 13.1. The highest BCUT2D eigenvalue weighted by Gasteiger charge is 2.32. The van der Waals surface area contributed by atoms with Gasteiger partial charge in [0.1, 0.15) is 0 Å². The van der Waals surface area contributed by atoms with Crippen LogP contribution in [0.4, 0.5) is 0 Å². The van der Waals surface area contributed by atoms with Crippen LogP contribution >= 0.6 is 0 Å². The van der Waals surface area contributed by atoms with E-state index in [1.165, 1.54) is 12.8 Å². The van der Waals surface area contributed by atoms with Crippen LogP contribution in [-0.4, -0.2) is 27.6 Å². The van der Waals surface area contributed by atoms with Crippen molar-refractivity contribution in [2.24, 2.45) is 5.92 Å². The first-order valence-electron chi connectivity index (χ1n) is 6.54. The molecule has 1 aromatic heterocycles. The molecule has 1 saturated carbocycles. The Kier molecular flexibility index (Phi) is 3.41. The summed E-state index contributed by atoms with van der Waals surface area (Å²) >= 11 is 0. The van der Waals surface area contributed by atoms with Gasteiger partial charge in [0.25, 0.3) is 0 Å². The lowest BCUT2D eigenvalue weighted by molar-refractivity contribution is 0.0516. The lowest BCUT2D eigenvalue weighted by Gasteiger charge is -2.20. The number of ether oxygens (including phenoxy) is 1. The molecule has 1 fully saturated rings. The molecule has 0 atom stereocenters. The normalized spacial score (nSPS) is 15.8. The first-order chi connectivity index (χ1) is 8.43. The van der Waals surface area contributed by atoms with Crippen molar-refractivity contribution in [3.05, 3.63) is 11.4 Å². The maximum absolute atomic E-state index is 11.9. The van der Waals surface area contributed by atoms with Crippen LogP contribution in [0, 0.1) is 5.92 Å². The van der Waals surface area contributed by atoms with Gasteiger partial charge in [-0.2, -0.15) is 0 Å². The van der Waals surface area contributed by atoms with Crippen LogP contribution in [0.15, 0.2) is 0 Å². The summed E-state index contributed by atoms with van der Waals surface area (Å²) in [6, 6.07) is 0. The summed E-state index contributed by atoms with van der Waals surface area (Å²) < 4.78 is 6.92. The molecule has 0 radical (unpaired) electrons. The van der Waals surface area contributed by atoms with Crippen LogP contribution in [0.3, 0.4) is 0 Å². The van der Waals surface area contributed by atoms with E-state index in [0.29, 0.717) is 18.2 Å². The van der Waals surface area contributed by atoms with Gasteiger partial charge in [0.15, 0.2) is 5.69 Å². The fourth-order valence-electron chi connectivity index (χ4n) is 2.07. The van der Waals surface area contributed by atoms with E-state index in [9.17, 15) is 4.79 Å². The van der Waals surface area contributed by atoms with Crippen LogP contribution in [0.25, 0.3) is 0 Å². The number of carbonyl (C=O) groups is 1. The second kappa shape index (κ2) is 4.71. The minimum atomic E-state index is -0.371. The highest BCUT2D eigenvalue weighted by Crippen LogP contribution is 2.33. The van der Waals surface area contributed by atoms with E-state index in [4.69, 9.17) is 4.74 Å². The molecule has 0 N–H and O–H groups in total. The van der Waals surface area contributed by atoms with Crippen molar-refractivity contribution in [2.45, 2.75) is 52.5 Å². The predicted octanol–water partition coefficient (Wildman–Crippen LogP) is 2.16. The molecule has 0 aliphatic heterocycles. The van der Waals surface area contributed by atoms with E-state index >= 15 is 0 Å². The minimum absolute atomic E-state index is 0.166. The standard InChI is InChI=1S/C13H21N3O2/c1-5-18-12(17)10-11(13(2,3)4)16(15-14-10)8-9-6-7-9/h9H,5-8H2,1-4H3. The largest absolute Gasteiger partial charge is 0.461 e. The summed E-state index contributed by atoms with van der Waals surface area (Å²) in [4.78, 5) is 11.9. The molecule has 5 nitrogen and oxygen atoms in total. The van der Waals surface area contributed by atoms with Gasteiger partial charge in [-0.05, 0) is 25.7 Å². The zero-order chi connectivity index (χ0) is 13.3. The van der Waals surface area contributed by atoms with Gasteiger partial charge in [-0.3, -0.25) is 0 Å². The van der Waals surface area contributed by atoms with E-state index in [2.05, 4.69) is 31.1 Å². The highest BCUT2D eigenvalue weighted by molar-refractivity contribution is 5.88. The smallest absolute Gasteiger partial charge is 0.360 e. The first-order valence-corrected chi connectivity index (χ1v) is 6.54. The Hall–Kier alpha value is -1.39. The molecule has 2 rings (SSSR count). The third-order valence-corrected chi connectivity index (χ3v) is 3.04. The van der Waals surface area contributed by atoms with Crippen LogP contribution in [-0.2, 0) is 16.7 Å². The molecule has 0 saturated heterocycles. The summed E-state index contributed by atoms with van der Waals surface area (Å²) in [5.41, 5.74) is 1.08. The van der Waals surface area contributed by atoms with Gasteiger partial charge in [0, 0.05) is 12.0 Å². The van der Waals surface area contributed by atoms with Crippen LogP contribution in [0.1, 0.15) is 56.7 Å². The maximum atomic E-state index is 11.9. The number of aromatic nitrogens is 3. The Morgan fingerprint density at radius 1 is 1.44 bits per heavy atom. The lowest BCUT2D eigenvalue weighted by atomic mass is 9.90. The Morgan fingerprint density at radius 2 is 2.11 bits per heavy atom. The second-order valence-corrected chi connectivity index (χ2v) is 5.88. The van der Waals surface area contributed by atoms with Gasteiger partial charge in [-0.25, -0.2) is 9.48 Å². The molecule has 18 heavy (non-hydrogen) atoms. The Labute approximate surface area is 108 Å². The van der Waals surface area contributed by atoms with E-state index in [0.717, 1.165) is 12.2 Å². The summed E-state index contributed by atoms with van der Waals surface area (Å²) in [5.74, 6) is 0.326. The SMILES string of the molecule is CCOC(=O)c1nnn(CC2CC2)c1C(C)(C)C. The van der Waals surface area contributed by atoms with Crippen molar-refractivity contribution in [2.75, 3.05) is 6.61 Å². The summed E-state index contributed by atoms with van der Waals surface area (Å²) in [5, 5.41) is 8.15. The van der Waals surface area contributed by atoms with E-state index in [-0.39, 0.29) is 11.4 Å². The van der Waals surface area contributed by atoms with Crippen molar-refractivity contribution >= 4 is 5.97 Å². The van der Waals surface area contributed by atoms with E-state index in [1.54, 1.807) is 6.92 Å². The lowest BCUT2D eigenvalue weighted by Crippen LogP contribution is -2.23. The number of hydrogen-bond donors (Lipinski definition) is 0. The average molecular weight is 251 g/mol. The molecule has 0 aromatic carbocycles. The number of rotatable bonds is 4. The Balaban J connectivity index is 2.33. The third-order valence-electron chi connectivity index (χ3n) is 3.04. The molecular weight excluding hydrogens is 230 g/mol. The number of nitrogens with zero attached hydrogens (tertiary/aromatic N) is 3. The molecule has 1 aliphatic rings. The number of esters is 1. The van der Waals surface area contributed by atoms with Crippen molar-refractivity contribution in [3.63, 3.8) is 0 Å². The minimum Gasteiger partial charge on any atom is -0.461 e. The quantitative estimate of drug-likeness (QED) is 0.769. The molecule has 0 amide bonds. The second-order valence-electron chi connectivity index (χ2n) is 5.88. The van der Waals surface area contributed by atoms with Gasteiger partial charge < -0.3 is 4.74 Å². The zero-order valence-electron chi connectivity index (χ0n) is 11.6. The van der Waals surface area contributed by atoms with Gasteiger partial charge in [0.05, 0.1) is 12.3 Å². The Bertz CT molecular complexity index is 442. The van der Waals surface area contributed by atoms with Gasteiger partial charge in [0.2, 0.25) is 0 Å². The summed E-state index contributed by atoms with van der Waals surface area (Å²) in [6.07, 6.45) is 2.50. The summed E-state index contributed by atoms with van der Waals surface area (Å²) in [6.45, 7) is 9.22. The maximum Gasteiger partial charge on any atom is 0.360 e. The van der Waals surface area contributed by atoms with Crippen molar-refractivity contribution in [1.82, 2.24) is 15.0 Å². The highest BCUT2D eigenvalue weighted by atomic mass is 16.5. The number of hydrogen-bond acceptors (Lipinski definition) is 4. The molecule has 1 heterocycles. The average Bonchev–Trinajstić information content (AvgIpc) is 2.94. The van der Waals surface area contributed by atoms with Crippen molar-refractivity contribution in [3.8, 4) is 0 Å². The molecule has 0 bridgehead atoms. The topological polar surface area (TPSA) is 57.0 Å². The summed E-state index contributed by atoms with van der Waals surface area (Å²) in [7, 11) is 0. The molecule has 1 aliphatic carbocycles. The van der Waals surface area contributed by atoms with Crippen LogP contribution in [0.2, 0.25) is 0 Å². The predicted molar refractivity (Wildman–Crippen MR) is 67.4 cm³/mol. The molecule has 5 heteroatoms. The molecule has 0 spiro atoms. The zero-order valence-corrected chi connectivity index (χ0v) is 11.6. The molecule has 0 unspecified atom stereocenters. The van der Waals surface area contributed by atoms with E-state index < -0.39 is 0 Å². The van der Waals surface area contributed by atoms with E-state index in [1.807, 2.05) is 4.68 Å². The van der Waals surface area contributed by atoms with Gasteiger partial charge in [-0.15, -0.1) is 5.10 Å². The Morgan fingerprint density at radius 3 is 2.61 bits per heavy atom. The molecule has 1 aromatic rings. The molecule has 100 valence electrons. The fourth-order valence-corrected chi connectivity index (χ4v) is 2.07. The molecular formula is C13H21N3O2. The monoisotopic (exact) mass is 251 g/mol. The van der Waals surface area contributed by atoms with Crippen molar-refractivity contribution in [1.29, 1.82) is 0 Å². The van der Waals surface area contributed by atoms with Gasteiger partial charge in [-0.1, -0.05) is 26.0 Å². The number of carbonyl (C=O) groups excluding carboxylic acids is 1. The van der Waals surface area contributed by atoms with Crippen LogP contribution in [0.5, 0.6) is 0 Å². The van der Waals surface area contributed by atoms with Crippen LogP contribution < -0.4 is 0 Å². The van der Waals surface area contributed by atoms with Crippen molar-refractivity contribution < 1.29 is 9.53 Å². The van der Waals surface area contributed by atoms with Gasteiger partial charge >= 0.3 is 5.97 Å². The fraction of sp³-hybridized carbons (Fsp3) is 0.769.